The van der Waals surface area contributed by atoms with Gasteiger partial charge in [0.2, 0.25) is 0 Å². The average Bonchev–Trinajstić information content (AvgIpc) is 2.63. The maximum absolute atomic E-state index is 15.1. The van der Waals surface area contributed by atoms with Crippen LogP contribution in [-0.4, -0.2) is 9.13 Å². The molecule has 3 rings (SSSR count). The lowest BCUT2D eigenvalue weighted by molar-refractivity contribution is -0.144. The number of hydrogen-bond acceptors (Lipinski definition) is 2. The maximum atomic E-state index is 15.1. The van der Waals surface area contributed by atoms with Crippen LogP contribution in [-0.2, 0) is 19.6 Å². The monoisotopic (exact) mass is 411 g/mol. The number of benzene rings is 2. The first-order valence-corrected chi connectivity index (χ1v) is 8.32. The van der Waals surface area contributed by atoms with Crippen LogP contribution < -0.4 is 11.2 Å². The summed E-state index contributed by atoms with van der Waals surface area (Å²) in [6.45, 7) is 0. The molecule has 0 aliphatic rings. The maximum Gasteiger partial charge on any atom is 0.431 e. The van der Waals surface area contributed by atoms with Crippen LogP contribution in [0.2, 0.25) is 5.02 Å². The van der Waals surface area contributed by atoms with Crippen LogP contribution >= 0.6 is 11.6 Å². The van der Waals surface area contributed by atoms with Crippen molar-refractivity contribution in [3.05, 3.63) is 97.0 Å². The zero-order valence-corrected chi connectivity index (χ0v) is 15.1. The van der Waals surface area contributed by atoms with Crippen molar-refractivity contribution in [1.82, 2.24) is 9.13 Å². The molecule has 0 saturated heterocycles. The van der Waals surface area contributed by atoms with Gasteiger partial charge in [-0.1, -0.05) is 41.9 Å². The largest absolute Gasteiger partial charge is 0.431 e. The molecule has 1 radical (unpaired) electrons. The van der Waals surface area contributed by atoms with Gasteiger partial charge in [-0.15, -0.1) is 0 Å². The zero-order chi connectivity index (χ0) is 20.6. The van der Waals surface area contributed by atoms with Gasteiger partial charge in [-0.2, -0.15) is 13.2 Å². The van der Waals surface area contributed by atoms with E-state index in [-0.39, 0.29) is 27.6 Å². The quantitative estimate of drug-likeness (QED) is 0.616. The molecule has 0 aliphatic heterocycles. The van der Waals surface area contributed by atoms with Crippen LogP contribution in [0.5, 0.6) is 0 Å². The molecule has 0 atom stereocenters. The smallest absolute Gasteiger partial charge is 0.292 e. The summed E-state index contributed by atoms with van der Waals surface area (Å²) in [4.78, 5) is 24.6. The minimum Gasteiger partial charge on any atom is -0.292 e. The van der Waals surface area contributed by atoms with Crippen molar-refractivity contribution in [1.29, 1.82) is 0 Å². The molecule has 0 amide bonds. The predicted molar refractivity (Wildman–Crippen MR) is 95.3 cm³/mol. The predicted octanol–water partition coefficient (Wildman–Crippen LogP) is 3.74. The average molecular weight is 412 g/mol. The Labute approximate surface area is 161 Å². The highest BCUT2D eigenvalue weighted by Gasteiger charge is 2.35. The fraction of sp³-hybridized carbons (Fsp3) is 0.158. The van der Waals surface area contributed by atoms with Gasteiger partial charge in [0.15, 0.2) is 5.82 Å². The summed E-state index contributed by atoms with van der Waals surface area (Å²) in [6.07, 6.45) is -4.86. The Bertz CT molecular complexity index is 1150. The van der Waals surface area contributed by atoms with Gasteiger partial charge < -0.3 is 0 Å². The molecule has 3 aromatic rings. The van der Waals surface area contributed by atoms with Gasteiger partial charge in [0.05, 0.1) is 10.7 Å². The molecule has 0 unspecified atom stereocenters. The summed E-state index contributed by atoms with van der Waals surface area (Å²) < 4.78 is 54.6. The van der Waals surface area contributed by atoms with Gasteiger partial charge in [-0.05, 0) is 11.6 Å². The van der Waals surface area contributed by atoms with Crippen LogP contribution in [0.4, 0.5) is 17.6 Å². The molecule has 2 aromatic carbocycles. The highest BCUT2D eigenvalue weighted by Crippen LogP contribution is 2.28. The lowest BCUT2D eigenvalue weighted by Gasteiger charge is -2.15. The summed E-state index contributed by atoms with van der Waals surface area (Å²) in [7, 11) is 0.851. The number of aromatic nitrogens is 2. The van der Waals surface area contributed by atoms with Crippen molar-refractivity contribution in [3.8, 4) is 5.69 Å². The second-order valence-electron chi connectivity index (χ2n) is 5.99. The molecule has 0 fully saturated rings. The second kappa shape index (κ2) is 7.27. The second-order valence-corrected chi connectivity index (χ2v) is 6.36. The molecule has 28 heavy (non-hydrogen) atoms. The lowest BCUT2D eigenvalue weighted by Crippen LogP contribution is -2.41. The van der Waals surface area contributed by atoms with Crippen molar-refractivity contribution in [2.75, 3.05) is 0 Å². The Morgan fingerprint density at radius 3 is 2.39 bits per heavy atom. The first-order valence-electron chi connectivity index (χ1n) is 7.94. The summed E-state index contributed by atoms with van der Waals surface area (Å²) in [5.41, 5.74) is -3.91. The summed E-state index contributed by atoms with van der Waals surface area (Å²) in [5, 5.41) is -0.0538. The van der Waals surface area contributed by atoms with Crippen molar-refractivity contribution >= 4 is 11.6 Å². The van der Waals surface area contributed by atoms with E-state index in [0.29, 0.717) is 10.1 Å². The van der Waals surface area contributed by atoms with Crippen LogP contribution in [0, 0.1) is 11.9 Å². The Hall–Kier alpha value is -2.87. The fourth-order valence-corrected chi connectivity index (χ4v) is 2.97. The van der Waals surface area contributed by atoms with E-state index in [4.69, 9.17) is 11.6 Å². The van der Waals surface area contributed by atoms with E-state index >= 15 is 4.39 Å². The van der Waals surface area contributed by atoms with Crippen molar-refractivity contribution in [3.63, 3.8) is 0 Å². The SMILES string of the molecule is Cn1c(C(F)(F)F)cc(=O)n(-c2c[c]c(Cl)c(Cc3ccccc3)c2F)c1=O. The Morgan fingerprint density at radius 2 is 1.79 bits per heavy atom. The van der Waals surface area contributed by atoms with Crippen molar-refractivity contribution < 1.29 is 17.6 Å². The molecule has 0 N–H and O–H groups in total. The molecule has 0 saturated carbocycles. The van der Waals surface area contributed by atoms with Gasteiger partial charge in [0, 0.05) is 31.2 Å². The Balaban J connectivity index is 2.21. The first-order chi connectivity index (χ1) is 13.1. The van der Waals surface area contributed by atoms with Crippen LogP contribution in [0.25, 0.3) is 5.69 Å². The summed E-state index contributed by atoms with van der Waals surface area (Å²) >= 11 is 6.02. The van der Waals surface area contributed by atoms with Crippen LogP contribution in [0.15, 0.2) is 52.1 Å². The molecule has 0 spiro atoms. The molecule has 1 aromatic heterocycles. The topological polar surface area (TPSA) is 44.0 Å². The number of halogens is 5. The number of hydrogen-bond donors (Lipinski definition) is 0. The number of nitrogens with zero attached hydrogens (tertiary/aromatic N) is 2. The lowest BCUT2D eigenvalue weighted by atomic mass is 10.0. The van der Waals surface area contributed by atoms with Crippen molar-refractivity contribution in [2.45, 2.75) is 12.6 Å². The third-order valence-electron chi connectivity index (χ3n) is 4.17. The molecular weight excluding hydrogens is 400 g/mol. The van der Waals surface area contributed by atoms with Crippen LogP contribution in [0.3, 0.4) is 0 Å². The highest BCUT2D eigenvalue weighted by atomic mass is 35.5. The first kappa shape index (κ1) is 19.9. The van der Waals surface area contributed by atoms with E-state index in [9.17, 15) is 22.8 Å². The van der Waals surface area contributed by atoms with E-state index < -0.39 is 34.6 Å². The van der Waals surface area contributed by atoms with Gasteiger partial charge in [-0.3, -0.25) is 9.36 Å². The van der Waals surface area contributed by atoms with Gasteiger partial charge >= 0.3 is 11.9 Å². The molecule has 9 heteroatoms. The highest BCUT2D eigenvalue weighted by molar-refractivity contribution is 6.31. The van der Waals surface area contributed by atoms with E-state index in [2.05, 4.69) is 6.07 Å². The van der Waals surface area contributed by atoms with E-state index in [1.165, 1.54) is 0 Å². The Morgan fingerprint density at radius 1 is 1.14 bits per heavy atom. The fourth-order valence-electron chi connectivity index (χ4n) is 2.77. The van der Waals surface area contributed by atoms with E-state index in [1.807, 2.05) is 0 Å². The molecule has 1 heterocycles. The number of rotatable bonds is 3. The summed E-state index contributed by atoms with van der Waals surface area (Å²) in [5.74, 6) is -0.980. The molecule has 145 valence electrons. The zero-order valence-electron chi connectivity index (χ0n) is 14.3. The number of alkyl halides is 3. The minimum atomic E-state index is -4.91. The summed E-state index contributed by atoms with van der Waals surface area (Å²) in [6, 6.07) is 12.5. The third-order valence-corrected chi connectivity index (χ3v) is 4.50. The third kappa shape index (κ3) is 3.60. The van der Waals surface area contributed by atoms with Gasteiger partial charge in [0.1, 0.15) is 5.69 Å². The van der Waals surface area contributed by atoms with Crippen molar-refractivity contribution in [2.24, 2.45) is 7.05 Å². The molecule has 0 bridgehead atoms. The van der Waals surface area contributed by atoms with E-state index in [1.54, 1.807) is 30.3 Å². The standard InChI is InChI=1S/C19H12ClF4N2O2/c1-25-15(19(22,23)24)10-16(27)26(18(25)28)14-8-7-13(20)12(17(14)21)9-11-5-3-2-4-6-11/h2-6,8,10H,9H2,1H3. The Kier molecular flexibility index (Phi) is 5.16. The molecular formula is C19H12ClF4N2O2. The van der Waals surface area contributed by atoms with Crippen LogP contribution in [0.1, 0.15) is 16.8 Å². The van der Waals surface area contributed by atoms with E-state index in [0.717, 1.165) is 13.1 Å². The molecule has 4 nitrogen and oxygen atoms in total. The van der Waals surface area contributed by atoms with Gasteiger partial charge in [-0.25, -0.2) is 13.8 Å². The minimum absolute atomic E-state index is 0.0285. The molecule has 0 aliphatic carbocycles. The van der Waals surface area contributed by atoms with Gasteiger partial charge in [0.25, 0.3) is 5.56 Å². The normalized spacial score (nSPS) is 11.6.